The minimum atomic E-state index is -4.22. The summed E-state index contributed by atoms with van der Waals surface area (Å²) in [6.07, 6.45) is 6.95. The Morgan fingerprint density at radius 3 is 1.94 bits per heavy atom. The van der Waals surface area contributed by atoms with Crippen molar-refractivity contribution in [2.45, 2.75) is 5.03 Å². The molecule has 0 unspecified atom stereocenters. The number of rotatable bonds is 1. The molecule has 0 bridgehead atoms. The molecule has 0 aliphatic carbocycles. The second-order valence-corrected chi connectivity index (χ2v) is 3.62. The zero-order valence-electron chi connectivity index (χ0n) is 7.79. The highest BCUT2D eigenvalue weighted by Gasteiger charge is 2.09. The first kappa shape index (κ1) is 12.1. The normalized spacial score (nSPS) is 13.1. The zero-order valence-corrected chi connectivity index (χ0v) is 8.61. The van der Waals surface area contributed by atoms with Gasteiger partial charge in [0.2, 0.25) is 5.03 Å². The third-order valence-electron chi connectivity index (χ3n) is 1.17. The molecule has 0 fully saturated rings. The predicted molar refractivity (Wildman–Crippen MR) is 50.1 cm³/mol. The van der Waals surface area contributed by atoms with Crippen molar-refractivity contribution in [1.29, 1.82) is 0 Å². The van der Waals surface area contributed by atoms with Crippen molar-refractivity contribution in [2.24, 2.45) is 0 Å². The molecule has 16 heavy (non-hydrogen) atoms. The van der Waals surface area contributed by atoms with Crippen LogP contribution in [0.4, 0.5) is 0 Å². The summed E-state index contributed by atoms with van der Waals surface area (Å²) in [5, 5.41) is 8.79. The first-order valence-electron chi connectivity index (χ1n) is 3.83. The summed E-state index contributed by atoms with van der Waals surface area (Å²) in [6.45, 7) is 0. The summed E-state index contributed by atoms with van der Waals surface area (Å²) in [6, 6.07) is 1.04. The number of hydrogen-bond donors (Lipinski definition) is 1. The lowest BCUT2D eigenvalue weighted by Crippen LogP contribution is -2.02. The maximum absolute atomic E-state index is 10.3. The van der Waals surface area contributed by atoms with Crippen LogP contribution in [-0.4, -0.2) is 28.4 Å². The van der Waals surface area contributed by atoms with E-state index < -0.39 is 15.1 Å². The molecule has 1 N–H and O–H groups in total. The van der Waals surface area contributed by atoms with Crippen molar-refractivity contribution >= 4 is 10.1 Å². The average molecular weight is 245 g/mol. The van der Waals surface area contributed by atoms with Crippen LogP contribution in [0.3, 0.4) is 0 Å². The van der Waals surface area contributed by atoms with Crippen molar-refractivity contribution in [1.82, 2.24) is 15.4 Å². The van der Waals surface area contributed by atoms with Crippen molar-refractivity contribution in [3.05, 3.63) is 37.3 Å². The maximum atomic E-state index is 10.3. The summed E-state index contributed by atoms with van der Waals surface area (Å²) < 4.78 is 38.0. The molecule has 1 aliphatic heterocycles. The van der Waals surface area contributed by atoms with E-state index in [1.165, 1.54) is 25.0 Å². The van der Waals surface area contributed by atoms with Gasteiger partial charge >= 0.3 is 10.1 Å². The molecule has 1 aliphatic rings. The van der Waals surface area contributed by atoms with Crippen LogP contribution in [0.2, 0.25) is 0 Å². The molecule has 0 radical (unpaired) electrons. The van der Waals surface area contributed by atoms with Gasteiger partial charge in [0.05, 0.1) is 6.20 Å². The van der Waals surface area contributed by atoms with Gasteiger partial charge in [-0.1, -0.05) is 0 Å². The summed E-state index contributed by atoms with van der Waals surface area (Å²) >= 11 is 0. The Labute approximate surface area is 91.0 Å². The van der Waals surface area contributed by atoms with Crippen molar-refractivity contribution < 1.29 is 22.4 Å². The van der Waals surface area contributed by atoms with E-state index in [4.69, 9.17) is 4.55 Å². The van der Waals surface area contributed by atoms with Crippen LogP contribution in [0, 0.1) is 0 Å². The molecule has 0 saturated heterocycles. The fraction of sp³-hybridized carbons (Fsp3) is 0. The topological polar surface area (TPSA) is 112 Å². The Kier molecular flexibility index (Phi) is 4.36. The first-order chi connectivity index (χ1) is 7.61. The first-order valence-corrected chi connectivity index (χ1v) is 5.27. The molecule has 0 saturated carbocycles. The quantitative estimate of drug-likeness (QED) is 0.693. The van der Waals surface area contributed by atoms with E-state index in [2.05, 4.69) is 24.9 Å². The van der Waals surface area contributed by atoms with E-state index in [1.54, 1.807) is 0 Å². The van der Waals surface area contributed by atoms with E-state index >= 15 is 0 Å². The van der Waals surface area contributed by atoms with Crippen LogP contribution >= 0.6 is 0 Å². The standard InChI is InChI=1S/C4H4O2.C3H3N3O3S/c1-2-6-4-3-5-1;7-10(8,9)3-1-2-4-6-5-3/h1-4H;1-2H,(H,7,8,9). The van der Waals surface area contributed by atoms with Gasteiger partial charge in [0, 0.05) is 6.07 Å². The molecule has 2 heterocycles. The number of aromatic nitrogens is 3. The van der Waals surface area contributed by atoms with Gasteiger partial charge in [-0.2, -0.15) is 8.42 Å². The number of hydrogen-bond acceptors (Lipinski definition) is 7. The molecule has 0 aromatic carbocycles. The van der Waals surface area contributed by atoms with Crippen molar-refractivity contribution in [3.8, 4) is 0 Å². The molecule has 0 atom stereocenters. The van der Waals surface area contributed by atoms with Crippen LogP contribution in [-0.2, 0) is 19.6 Å². The smallest absolute Gasteiger partial charge is 0.314 e. The summed E-state index contributed by atoms with van der Waals surface area (Å²) in [4.78, 5) is 0. The monoisotopic (exact) mass is 245 g/mol. The second kappa shape index (κ2) is 5.78. The van der Waals surface area contributed by atoms with Crippen molar-refractivity contribution in [3.63, 3.8) is 0 Å². The number of ether oxygens (including phenoxy) is 2. The van der Waals surface area contributed by atoms with Gasteiger partial charge in [-0.15, -0.1) is 10.2 Å². The Morgan fingerprint density at radius 2 is 1.69 bits per heavy atom. The molecule has 86 valence electrons. The Morgan fingerprint density at radius 1 is 1.12 bits per heavy atom. The maximum Gasteiger partial charge on any atom is 0.314 e. The molecule has 1 aromatic rings. The Bertz CT molecular complexity index is 450. The summed E-state index contributed by atoms with van der Waals surface area (Å²) in [7, 11) is -4.22. The highest BCUT2D eigenvalue weighted by atomic mass is 32.2. The predicted octanol–water partition coefficient (Wildman–Crippen LogP) is 0.0939. The van der Waals surface area contributed by atoms with Crippen molar-refractivity contribution in [2.75, 3.05) is 0 Å². The SMILES string of the molecule is C1=COC=CO1.O=S(=O)(O)c1ccnnn1. The van der Waals surface area contributed by atoms with Gasteiger partial charge in [-0.3, -0.25) is 4.55 Å². The molecule has 0 amide bonds. The second-order valence-electron chi connectivity index (χ2n) is 2.25. The van der Waals surface area contributed by atoms with Gasteiger partial charge in [0.15, 0.2) is 0 Å². The Balaban J connectivity index is 0.000000181. The van der Waals surface area contributed by atoms with Crippen LogP contribution in [0.1, 0.15) is 0 Å². The third kappa shape index (κ3) is 4.48. The summed E-state index contributed by atoms with van der Waals surface area (Å²) in [5.74, 6) is 0. The van der Waals surface area contributed by atoms with E-state index in [-0.39, 0.29) is 0 Å². The van der Waals surface area contributed by atoms with Gasteiger partial charge in [0.1, 0.15) is 25.0 Å². The highest BCUT2D eigenvalue weighted by Crippen LogP contribution is 1.97. The van der Waals surface area contributed by atoms with Gasteiger partial charge in [0.25, 0.3) is 0 Å². The molecule has 8 nitrogen and oxygen atoms in total. The van der Waals surface area contributed by atoms with Crippen LogP contribution in [0.25, 0.3) is 0 Å². The van der Waals surface area contributed by atoms with Crippen LogP contribution in [0.15, 0.2) is 42.3 Å². The molecular weight excluding hydrogens is 238 g/mol. The lowest BCUT2D eigenvalue weighted by molar-refractivity contribution is 0.290. The van der Waals surface area contributed by atoms with Crippen LogP contribution < -0.4 is 0 Å². The molecule has 9 heteroatoms. The third-order valence-corrected chi connectivity index (χ3v) is 1.91. The fourth-order valence-electron chi connectivity index (χ4n) is 0.587. The Hall–Kier alpha value is -2.00. The van der Waals surface area contributed by atoms with E-state index in [0.717, 1.165) is 12.3 Å². The lowest BCUT2D eigenvalue weighted by Gasteiger charge is -1.94. The fourth-order valence-corrected chi connectivity index (χ4v) is 0.959. The minimum absolute atomic E-state index is 0.498. The molecular formula is C7H7N3O5S. The van der Waals surface area contributed by atoms with E-state index in [1.807, 2.05) is 0 Å². The van der Waals surface area contributed by atoms with E-state index in [9.17, 15) is 8.42 Å². The lowest BCUT2D eigenvalue weighted by atomic mass is 10.7. The van der Waals surface area contributed by atoms with Gasteiger partial charge < -0.3 is 9.47 Å². The van der Waals surface area contributed by atoms with Crippen LogP contribution in [0.5, 0.6) is 0 Å². The summed E-state index contributed by atoms with van der Waals surface area (Å²) in [5.41, 5.74) is 0. The zero-order chi connectivity index (χ0) is 11.9. The number of nitrogens with zero attached hydrogens (tertiary/aromatic N) is 3. The highest BCUT2D eigenvalue weighted by molar-refractivity contribution is 7.85. The van der Waals surface area contributed by atoms with Gasteiger partial charge in [-0.05, 0) is 5.21 Å². The van der Waals surface area contributed by atoms with Gasteiger partial charge in [-0.25, -0.2) is 0 Å². The average Bonchev–Trinajstić information content (AvgIpc) is 2.32. The van der Waals surface area contributed by atoms with E-state index in [0.29, 0.717) is 0 Å². The molecule has 1 aromatic heterocycles. The molecule has 2 rings (SSSR count). The largest absolute Gasteiger partial charge is 0.466 e. The molecule has 0 spiro atoms. The minimum Gasteiger partial charge on any atom is -0.466 e.